The Labute approximate surface area is 78.6 Å². The fourth-order valence-electron chi connectivity index (χ4n) is 1.90. The number of rotatable bonds is 0. The third kappa shape index (κ3) is 1.37. The lowest BCUT2D eigenvalue weighted by molar-refractivity contribution is 0.473. The number of anilines is 1. The summed E-state index contributed by atoms with van der Waals surface area (Å²) >= 11 is 0. The molecule has 1 aromatic carbocycles. The van der Waals surface area contributed by atoms with E-state index in [9.17, 15) is 5.11 Å². The highest BCUT2D eigenvalue weighted by molar-refractivity contribution is 5.65. The monoisotopic (exact) mass is 177 g/mol. The summed E-state index contributed by atoms with van der Waals surface area (Å²) in [5.74, 6) is 0.382. The molecule has 0 spiro atoms. The van der Waals surface area contributed by atoms with Crippen molar-refractivity contribution in [1.29, 1.82) is 0 Å². The van der Waals surface area contributed by atoms with E-state index in [-0.39, 0.29) is 0 Å². The summed E-state index contributed by atoms with van der Waals surface area (Å²) in [5.41, 5.74) is 3.49. The summed E-state index contributed by atoms with van der Waals surface area (Å²) in [5, 5.41) is 13.0. The van der Waals surface area contributed by atoms with Crippen LogP contribution in [0.3, 0.4) is 0 Å². The van der Waals surface area contributed by atoms with Crippen molar-refractivity contribution in [3.63, 3.8) is 0 Å². The second-order valence-corrected chi connectivity index (χ2v) is 3.84. The Balaban J connectivity index is 2.51. The lowest BCUT2D eigenvalue weighted by Crippen LogP contribution is -2.22. The molecular formula is C11H15NO. The topological polar surface area (TPSA) is 32.3 Å². The maximum Gasteiger partial charge on any atom is 0.138 e. The quantitative estimate of drug-likeness (QED) is 0.596. The fraction of sp³-hybridized carbons (Fsp3) is 0.455. The normalized spacial score (nSPS) is 20.6. The number of nitrogens with one attached hydrogen (secondary N) is 1. The molecule has 1 heterocycles. The van der Waals surface area contributed by atoms with Crippen molar-refractivity contribution in [2.24, 2.45) is 0 Å². The zero-order valence-electron chi connectivity index (χ0n) is 8.09. The second-order valence-electron chi connectivity index (χ2n) is 3.84. The molecule has 0 aliphatic carbocycles. The number of aryl methyl sites for hydroxylation is 1. The third-order valence-electron chi connectivity index (χ3n) is 2.74. The van der Waals surface area contributed by atoms with Gasteiger partial charge in [0.15, 0.2) is 0 Å². The molecule has 0 amide bonds. The first-order valence-corrected chi connectivity index (χ1v) is 4.76. The minimum atomic E-state index is 0.382. The summed E-state index contributed by atoms with van der Waals surface area (Å²) in [6.45, 7) is 4.24. The van der Waals surface area contributed by atoms with Crippen molar-refractivity contribution < 1.29 is 5.11 Å². The summed E-state index contributed by atoms with van der Waals surface area (Å²) in [4.78, 5) is 0. The average Bonchev–Trinajstić information content (AvgIpc) is 2.12. The smallest absolute Gasteiger partial charge is 0.138 e. The SMILES string of the molecule is Cc1ccc(O)c2c1CCC(C)N2. The van der Waals surface area contributed by atoms with Crippen LogP contribution in [-0.2, 0) is 6.42 Å². The maximum atomic E-state index is 9.64. The van der Waals surface area contributed by atoms with Crippen LogP contribution >= 0.6 is 0 Å². The Morgan fingerprint density at radius 1 is 1.46 bits per heavy atom. The predicted octanol–water partition coefficient (Wildman–Crippen LogP) is 2.45. The van der Waals surface area contributed by atoms with Crippen LogP contribution in [0.2, 0.25) is 0 Å². The van der Waals surface area contributed by atoms with E-state index in [1.807, 2.05) is 6.07 Å². The van der Waals surface area contributed by atoms with Gasteiger partial charge in [0.25, 0.3) is 0 Å². The first-order chi connectivity index (χ1) is 6.18. The van der Waals surface area contributed by atoms with Crippen LogP contribution in [0, 0.1) is 6.92 Å². The number of hydrogen-bond acceptors (Lipinski definition) is 2. The van der Waals surface area contributed by atoms with Gasteiger partial charge in [0.05, 0.1) is 5.69 Å². The molecule has 1 unspecified atom stereocenters. The minimum Gasteiger partial charge on any atom is -0.506 e. The first-order valence-electron chi connectivity index (χ1n) is 4.76. The lowest BCUT2D eigenvalue weighted by Gasteiger charge is -2.26. The average molecular weight is 177 g/mol. The molecule has 1 atom stereocenters. The zero-order chi connectivity index (χ0) is 9.42. The predicted molar refractivity (Wildman–Crippen MR) is 54.2 cm³/mol. The molecule has 70 valence electrons. The highest BCUT2D eigenvalue weighted by Crippen LogP contribution is 2.34. The molecule has 1 aromatic rings. The molecule has 0 fully saturated rings. The number of phenolic OH excluding ortho intramolecular Hbond substituents is 1. The van der Waals surface area contributed by atoms with Gasteiger partial charge in [-0.3, -0.25) is 0 Å². The highest BCUT2D eigenvalue weighted by Gasteiger charge is 2.18. The van der Waals surface area contributed by atoms with Crippen molar-refractivity contribution in [2.45, 2.75) is 32.7 Å². The summed E-state index contributed by atoms with van der Waals surface area (Å²) in [6.07, 6.45) is 2.22. The van der Waals surface area contributed by atoms with Crippen molar-refractivity contribution >= 4 is 5.69 Å². The zero-order valence-corrected chi connectivity index (χ0v) is 8.09. The van der Waals surface area contributed by atoms with Crippen LogP contribution in [0.1, 0.15) is 24.5 Å². The van der Waals surface area contributed by atoms with Crippen LogP contribution in [0.5, 0.6) is 5.75 Å². The van der Waals surface area contributed by atoms with E-state index >= 15 is 0 Å². The van der Waals surface area contributed by atoms with Gasteiger partial charge in [0.1, 0.15) is 5.75 Å². The molecule has 1 aliphatic rings. The van der Waals surface area contributed by atoms with Crippen LogP contribution in [0.4, 0.5) is 5.69 Å². The first kappa shape index (κ1) is 8.42. The van der Waals surface area contributed by atoms with Gasteiger partial charge in [-0.2, -0.15) is 0 Å². The van der Waals surface area contributed by atoms with E-state index in [2.05, 4.69) is 19.2 Å². The van der Waals surface area contributed by atoms with E-state index < -0.39 is 0 Å². The summed E-state index contributed by atoms with van der Waals surface area (Å²) < 4.78 is 0. The highest BCUT2D eigenvalue weighted by atomic mass is 16.3. The number of phenols is 1. The minimum absolute atomic E-state index is 0.382. The van der Waals surface area contributed by atoms with Crippen LogP contribution in [-0.4, -0.2) is 11.1 Å². The molecule has 0 radical (unpaired) electrons. The van der Waals surface area contributed by atoms with Crippen LogP contribution < -0.4 is 5.32 Å². The van der Waals surface area contributed by atoms with Gasteiger partial charge in [-0.25, -0.2) is 0 Å². The van der Waals surface area contributed by atoms with Gasteiger partial charge in [0, 0.05) is 6.04 Å². The van der Waals surface area contributed by atoms with Crippen LogP contribution in [0.25, 0.3) is 0 Å². The lowest BCUT2D eigenvalue weighted by atomic mass is 9.95. The molecule has 2 rings (SSSR count). The van der Waals surface area contributed by atoms with Gasteiger partial charge in [-0.1, -0.05) is 6.07 Å². The summed E-state index contributed by atoms with van der Waals surface area (Å²) in [6, 6.07) is 4.21. The van der Waals surface area contributed by atoms with Crippen molar-refractivity contribution in [3.05, 3.63) is 23.3 Å². The van der Waals surface area contributed by atoms with Gasteiger partial charge in [-0.15, -0.1) is 0 Å². The molecule has 1 aliphatic heterocycles. The molecule has 0 saturated carbocycles. The number of benzene rings is 1. The van der Waals surface area contributed by atoms with E-state index in [0.717, 1.165) is 18.5 Å². The Bertz CT molecular complexity index is 333. The van der Waals surface area contributed by atoms with Gasteiger partial charge < -0.3 is 10.4 Å². The van der Waals surface area contributed by atoms with Crippen LogP contribution in [0.15, 0.2) is 12.1 Å². The maximum absolute atomic E-state index is 9.64. The van der Waals surface area contributed by atoms with Crippen molar-refractivity contribution in [3.8, 4) is 5.75 Å². The molecule has 2 nitrogen and oxygen atoms in total. The third-order valence-corrected chi connectivity index (χ3v) is 2.74. The van der Waals surface area contributed by atoms with Crippen molar-refractivity contribution in [2.75, 3.05) is 5.32 Å². The molecule has 13 heavy (non-hydrogen) atoms. The standard InChI is InChI=1S/C11H15NO/c1-7-3-6-10(13)11-9(7)5-4-8(2)12-11/h3,6,8,12-13H,4-5H2,1-2H3. The largest absolute Gasteiger partial charge is 0.506 e. The number of fused-ring (bicyclic) bond motifs is 1. The number of hydrogen-bond donors (Lipinski definition) is 2. The van der Waals surface area contributed by atoms with Gasteiger partial charge in [-0.05, 0) is 43.9 Å². The second kappa shape index (κ2) is 2.95. The molecule has 2 heteroatoms. The van der Waals surface area contributed by atoms with Gasteiger partial charge in [0.2, 0.25) is 0 Å². The Hall–Kier alpha value is -1.18. The van der Waals surface area contributed by atoms with Crippen molar-refractivity contribution in [1.82, 2.24) is 0 Å². The van der Waals surface area contributed by atoms with E-state index in [1.54, 1.807) is 6.07 Å². The Morgan fingerprint density at radius 2 is 2.23 bits per heavy atom. The molecule has 2 N–H and O–H groups in total. The van der Waals surface area contributed by atoms with E-state index in [4.69, 9.17) is 0 Å². The molecular weight excluding hydrogens is 162 g/mol. The molecule has 0 bridgehead atoms. The summed E-state index contributed by atoms with van der Waals surface area (Å²) in [7, 11) is 0. The Kier molecular flexibility index (Phi) is 1.91. The van der Waals surface area contributed by atoms with Gasteiger partial charge >= 0.3 is 0 Å². The number of aromatic hydroxyl groups is 1. The van der Waals surface area contributed by atoms with E-state index in [1.165, 1.54) is 11.1 Å². The Morgan fingerprint density at radius 3 is 3.00 bits per heavy atom. The fourth-order valence-corrected chi connectivity index (χ4v) is 1.90. The molecule has 0 saturated heterocycles. The van der Waals surface area contributed by atoms with E-state index in [0.29, 0.717) is 11.8 Å². The molecule has 0 aromatic heterocycles.